The Labute approximate surface area is 113 Å². The fraction of sp³-hybridized carbons (Fsp3) is 0.533. The number of hydrogen-bond donors (Lipinski definition) is 0. The zero-order valence-electron chi connectivity index (χ0n) is 11.3. The fourth-order valence-electron chi connectivity index (χ4n) is 2.95. The highest BCUT2D eigenvalue weighted by atomic mass is 16.5. The summed E-state index contributed by atoms with van der Waals surface area (Å²) in [6, 6.07) is 7.88. The van der Waals surface area contributed by atoms with Crippen LogP contribution in [0.3, 0.4) is 0 Å². The van der Waals surface area contributed by atoms with E-state index in [9.17, 15) is 0 Å². The molecule has 19 heavy (non-hydrogen) atoms. The molecule has 2 heterocycles. The molecule has 0 saturated carbocycles. The first-order chi connectivity index (χ1) is 9.13. The van der Waals surface area contributed by atoms with Crippen molar-refractivity contribution in [3.05, 3.63) is 29.3 Å². The lowest BCUT2D eigenvalue weighted by molar-refractivity contribution is -0.0612. The predicted molar refractivity (Wildman–Crippen MR) is 71.0 cm³/mol. The Balaban J connectivity index is 1.93. The molecule has 0 N–H and O–H groups in total. The Morgan fingerprint density at radius 3 is 2.74 bits per heavy atom. The van der Waals surface area contributed by atoms with E-state index >= 15 is 0 Å². The molecule has 0 aromatic heterocycles. The van der Waals surface area contributed by atoms with E-state index in [1.807, 2.05) is 18.2 Å². The molecular weight excluding hydrogens is 240 g/mol. The highest BCUT2D eigenvalue weighted by Gasteiger charge is 2.45. The van der Waals surface area contributed by atoms with Gasteiger partial charge in [0.05, 0.1) is 24.8 Å². The molecule has 1 fully saturated rings. The van der Waals surface area contributed by atoms with Crippen molar-refractivity contribution in [3.63, 3.8) is 0 Å². The Bertz CT molecular complexity index is 527. The van der Waals surface area contributed by atoms with Crippen molar-refractivity contribution in [1.82, 2.24) is 4.90 Å². The third-order valence-electron chi connectivity index (χ3n) is 4.04. The fourth-order valence-corrected chi connectivity index (χ4v) is 2.95. The van der Waals surface area contributed by atoms with E-state index in [-0.39, 0.29) is 11.6 Å². The van der Waals surface area contributed by atoms with Crippen molar-refractivity contribution in [1.29, 1.82) is 5.26 Å². The summed E-state index contributed by atoms with van der Waals surface area (Å²) in [5.74, 6) is 0.903. The molecule has 4 nitrogen and oxygen atoms in total. The molecule has 2 aliphatic heterocycles. The second kappa shape index (κ2) is 4.52. The van der Waals surface area contributed by atoms with Gasteiger partial charge in [-0.25, -0.2) is 0 Å². The van der Waals surface area contributed by atoms with Gasteiger partial charge in [0, 0.05) is 24.1 Å². The molecular formula is C15H18N2O2. The molecule has 2 aliphatic rings. The molecule has 100 valence electrons. The second-order valence-corrected chi connectivity index (χ2v) is 5.66. The number of benzene rings is 1. The lowest BCUT2D eigenvalue weighted by atomic mass is 9.83. The number of ether oxygens (including phenoxy) is 2. The number of fused-ring (bicyclic) bond motifs is 1. The zero-order valence-corrected chi connectivity index (χ0v) is 11.3. The van der Waals surface area contributed by atoms with Crippen LogP contribution in [0.2, 0.25) is 0 Å². The van der Waals surface area contributed by atoms with Crippen LogP contribution in [0.1, 0.15) is 25.0 Å². The van der Waals surface area contributed by atoms with Gasteiger partial charge >= 0.3 is 0 Å². The lowest BCUT2D eigenvalue weighted by Crippen LogP contribution is -2.52. The molecule has 0 spiro atoms. The summed E-state index contributed by atoms with van der Waals surface area (Å²) in [7, 11) is 0. The molecule has 1 atom stereocenters. The highest BCUT2D eigenvalue weighted by molar-refractivity contribution is 5.49. The summed E-state index contributed by atoms with van der Waals surface area (Å²) < 4.78 is 11.5. The molecule has 1 saturated heterocycles. The molecule has 0 amide bonds. The maximum Gasteiger partial charge on any atom is 0.162 e. The van der Waals surface area contributed by atoms with Crippen molar-refractivity contribution in [2.24, 2.45) is 0 Å². The summed E-state index contributed by atoms with van der Waals surface area (Å²) in [4.78, 5) is 2.33. The minimum atomic E-state index is -0.112. The van der Waals surface area contributed by atoms with Crippen LogP contribution < -0.4 is 4.74 Å². The quantitative estimate of drug-likeness (QED) is 0.771. The number of morpholine rings is 1. The Morgan fingerprint density at radius 1 is 1.32 bits per heavy atom. The van der Waals surface area contributed by atoms with Crippen molar-refractivity contribution in [3.8, 4) is 11.8 Å². The van der Waals surface area contributed by atoms with Crippen LogP contribution in [0.4, 0.5) is 0 Å². The SMILES string of the molecule is CC1(C)c2cc(C#N)ccc2OC1N1CCOCC1. The summed E-state index contributed by atoms with van der Waals surface area (Å²) >= 11 is 0. The normalized spacial score (nSPS) is 25.4. The smallest absolute Gasteiger partial charge is 0.162 e. The van der Waals surface area contributed by atoms with E-state index in [1.54, 1.807) is 0 Å². The van der Waals surface area contributed by atoms with Crippen LogP contribution in [0.15, 0.2) is 18.2 Å². The van der Waals surface area contributed by atoms with Gasteiger partial charge < -0.3 is 9.47 Å². The first-order valence-corrected chi connectivity index (χ1v) is 6.66. The van der Waals surface area contributed by atoms with E-state index in [2.05, 4.69) is 24.8 Å². The van der Waals surface area contributed by atoms with Gasteiger partial charge in [-0.2, -0.15) is 5.26 Å². The third-order valence-corrected chi connectivity index (χ3v) is 4.04. The molecule has 4 heteroatoms. The highest BCUT2D eigenvalue weighted by Crippen LogP contribution is 2.44. The number of rotatable bonds is 1. The van der Waals surface area contributed by atoms with E-state index in [0.717, 1.165) is 37.6 Å². The largest absolute Gasteiger partial charge is 0.474 e. The standard InChI is InChI=1S/C15H18N2O2/c1-15(2)12-9-11(10-16)3-4-13(12)19-14(15)17-5-7-18-8-6-17/h3-4,9,14H,5-8H2,1-2H3. The number of nitrogens with zero attached hydrogens (tertiary/aromatic N) is 2. The van der Waals surface area contributed by atoms with Crippen LogP contribution in [0.5, 0.6) is 5.75 Å². The van der Waals surface area contributed by atoms with Crippen molar-refractivity contribution in [2.45, 2.75) is 25.5 Å². The van der Waals surface area contributed by atoms with Crippen LogP contribution in [-0.4, -0.2) is 37.4 Å². The van der Waals surface area contributed by atoms with Gasteiger partial charge in [-0.1, -0.05) is 13.8 Å². The minimum absolute atomic E-state index is 0.0281. The molecule has 0 radical (unpaired) electrons. The number of nitriles is 1. The first kappa shape index (κ1) is 12.5. The molecule has 1 aromatic rings. The van der Waals surface area contributed by atoms with Crippen LogP contribution in [0.25, 0.3) is 0 Å². The summed E-state index contributed by atoms with van der Waals surface area (Å²) in [6.07, 6.45) is 0.0281. The van der Waals surface area contributed by atoms with Gasteiger partial charge in [0.25, 0.3) is 0 Å². The molecule has 0 bridgehead atoms. The zero-order chi connectivity index (χ0) is 13.5. The van der Waals surface area contributed by atoms with Gasteiger partial charge in [-0.15, -0.1) is 0 Å². The van der Waals surface area contributed by atoms with E-state index in [0.29, 0.717) is 5.56 Å². The maximum atomic E-state index is 9.04. The molecule has 1 aromatic carbocycles. The van der Waals surface area contributed by atoms with Crippen molar-refractivity contribution < 1.29 is 9.47 Å². The van der Waals surface area contributed by atoms with Gasteiger partial charge in [0.15, 0.2) is 6.23 Å². The van der Waals surface area contributed by atoms with Crippen LogP contribution in [0, 0.1) is 11.3 Å². The Morgan fingerprint density at radius 2 is 2.05 bits per heavy atom. The molecule has 3 rings (SSSR count). The van der Waals surface area contributed by atoms with Gasteiger partial charge in [0.1, 0.15) is 5.75 Å². The van der Waals surface area contributed by atoms with Gasteiger partial charge in [-0.3, -0.25) is 4.90 Å². The third kappa shape index (κ3) is 1.99. The second-order valence-electron chi connectivity index (χ2n) is 5.66. The predicted octanol–water partition coefficient (Wildman–Crippen LogP) is 1.89. The van der Waals surface area contributed by atoms with Gasteiger partial charge in [0.2, 0.25) is 0 Å². The van der Waals surface area contributed by atoms with E-state index in [1.165, 1.54) is 0 Å². The van der Waals surface area contributed by atoms with Crippen LogP contribution >= 0.6 is 0 Å². The average molecular weight is 258 g/mol. The average Bonchev–Trinajstić information content (AvgIpc) is 2.71. The van der Waals surface area contributed by atoms with Crippen LogP contribution in [-0.2, 0) is 10.2 Å². The Kier molecular flexibility index (Phi) is 2.96. The van der Waals surface area contributed by atoms with Gasteiger partial charge in [-0.05, 0) is 18.2 Å². The topological polar surface area (TPSA) is 45.5 Å². The summed E-state index contributed by atoms with van der Waals surface area (Å²) in [5.41, 5.74) is 1.71. The monoisotopic (exact) mass is 258 g/mol. The van der Waals surface area contributed by atoms with Crippen molar-refractivity contribution >= 4 is 0 Å². The molecule has 1 unspecified atom stereocenters. The number of hydrogen-bond acceptors (Lipinski definition) is 4. The van der Waals surface area contributed by atoms with Crippen molar-refractivity contribution in [2.75, 3.05) is 26.3 Å². The minimum Gasteiger partial charge on any atom is -0.474 e. The summed E-state index contributed by atoms with van der Waals surface area (Å²) in [5, 5.41) is 9.04. The maximum absolute atomic E-state index is 9.04. The summed E-state index contributed by atoms with van der Waals surface area (Å²) in [6.45, 7) is 7.67. The van der Waals surface area contributed by atoms with E-state index in [4.69, 9.17) is 14.7 Å². The first-order valence-electron chi connectivity index (χ1n) is 6.66. The Hall–Kier alpha value is -1.57. The lowest BCUT2D eigenvalue weighted by Gasteiger charge is -2.38. The molecule has 0 aliphatic carbocycles. The van der Waals surface area contributed by atoms with E-state index < -0.39 is 0 Å².